The predicted molar refractivity (Wildman–Crippen MR) is 105 cm³/mol. The average molecular weight is 401 g/mol. The number of terminal acetylenes is 1. The topological polar surface area (TPSA) is 113 Å². The minimum Gasteiger partial charge on any atom is -0.493 e. The Labute approximate surface area is 170 Å². The van der Waals surface area contributed by atoms with E-state index in [0.717, 1.165) is 0 Å². The van der Waals surface area contributed by atoms with E-state index < -0.39 is 17.8 Å². The smallest absolute Gasteiger partial charge is 0.411 e. The van der Waals surface area contributed by atoms with Crippen LogP contribution in [-0.4, -0.2) is 43.4 Å². The highest BCUT2D eigenvalue weighted by molar-refractivity contribution is 5.93. The van der Waals surface area contributed by atoms with Crippen molar-refractivity contribution in [3.63, 3.8) is 0 Å². The molecule has 5 rings (SSSR count). The fourth-order valence-corrected chi connectivity index (χ4v) is 4.50. The molecule has 148 valence electrons. The van der Waals surface area contributed by atoms with Crippen molar-refractivity contribution < 1.29 is 14.6 Å². The number of amides is 1. The summed E-state index contributed by atoms with van der Waals surface area (Å²) in [7, 11) is 0. The number of rotatable bonds is 2. The van der Waals surface area contributed by atoms with Crippen LogP contribution < -0.4 is 5.69 Å². The van der Waals surface area contributed by atoms with Crippen molar-refractivity contribution in [1.29, 1.82) is 5.26 Å². The molecule has 3 aromatic rings. The second-order valence-corrected chi connectivity index (χ2v) is 7.16. The molecule has 0 radical (unpaired) electrons. The molecule has 0 aliphatic carbocycles. The molecule has 1 aromatic carbocycles. The van der Waals surface area contributed by atoms with E-state index in [0.29, 0.717) is 35.1 Å². The third-order valence-electron chi connectivity index (χ3n) is 5.69. The first-order valence-electron chi connectivity index (χ1n) is 9.28. The molecule has 2 bridgehead atoms. The minimum absolute atomic E-state index is 0.143. The van der Waals surface area contributed by atoms with Gasteiger partial charge in [-0.3, -0.25) is 9.47 Å². The van der Waals surface area contributed by atoms with E-state index in [2.05, 4.69) is 10.9 Å². The summed E-state index contributed by atoms with van der Waals surface area (Å²) in [5, 5.41) is 21.5. The molecular weight excluding hydrogens is 386 g/mol. The Morgan fingerprint density at radius 3 is 2.87 bits per heavy atom. The van der Waals surface area contributed by atoms with E-state index in [9.17, 15) is 20.0 Å². The zero-order valence-electron chi connectivity index (χ0n) is 15.6. The summed E-state index contributed by atoms with van der Waals surface area (Å²) in [6.07, 6.45) is 6.50. The van der Waals surface area contributed by atoms with E-state index in [-0.39, 0.29) is 24.2 Å². The average Bonchev–Trinajstić information content (AvgIpc) is 3.43. The predicted octanol–water partition coefficient (Wildman–Crippen LogP) is 1.84. The lowest BCUT2D eigenvalue weighted by atomic mass is 10.1. The summed E-state index contributed by atoms with van der Waals surface area (Å²) in [5.74, 6) is 2.00. The normalized spacial score (nSPS) is 18.8. The summed E-state index contributed by atoms with van der Waals surface area (Å²) < 4.78 is 7.73. The number of hydrogen-bond acceptors (Lipinski definition) is 6. The monoisotopic (exact) mass is 401 g/mol. The van der Waals surface area contributed by atoms with Crippen LogP contribution in [0.1, 0.15) is 29.9 Å². The van der Waals surface area contributed by atoms with Gasteiger partial charge in [0.1, 0.15) is 17.5 Å². The first kappa shape index (κ1) is 17.8. The number of hydrogen-bond donors (Lipinski definition) is 1. The molecule has 1 saturated heterocycles. The number of carbonyl (C=O) groups is 1. The highest BCUT2D eigenvalue weighted by Gasteiger charge is 2.49. The summed E-state index contributed by atoms with van der Waals surface area (Å²) in [6.45, 7) is 0.159. The second-order valence-electron chi connectivity index (χ2n) is 7.16. The number of aromatic nitrogens is 3. The zero-order valence-corrected chi connectivity index (χ0v) is 15.6. The summed E-state index contributed by atoms with van der Waals surface area (Å²) >= 11 is 0. The van der Waals surface area contributed by atoms with Crippen molar-refractivity contribution in [2.75, 3.05) is 13.2 Å². The Balaban J connectivity index is 1.66. The number of aromatic hydroxyl groups is 1. The van der Waals surface area contributed by atoms with Gasteiger partial charge in [0.25, 0.3) is 0 Å². The number of pyridine rings is 1. The Morgan fingerprint density at radius 1 is 1.37 bits per heavy atom. The Bertz CT molecular complexity index is 1360. The van der Waals surface area contributed by atoms with Crippen molar-refractivity contribution in [3.05, 3.63) is 52.3 Å². The van der Waals surface area contributed by atoms with Crippen molar-refractivity contribution in [3.8, 4) is 30.0 Å². The Morgan fingerprint density at radius 2 is 2.13 bits per heavy atom. The highest BCUT2D eigenvalue weighted by Crippen LogP contribution is 2.49. The zero-order chi connectivity index (χ0) is 21.0. The van der Waals surface area contributed by atoms with Crippen LogP contribution in [-0.2, 0) is 4.74 Å². The van der Waals surface area contributed by atoms with E-state index in [1.165, 1.54) is 20.2 Å². The summed E-state index contributed by atoms with van der Waals surface area (Å²) in [6, 6.07) is 8.36. The lowest BCUT2D eigenvalue weighted by Gasteiger charge is -2.26. The third kappa shape index (κ3) is 2.26. The Hall–Kier alpha value is -4.24. The molecule has 9 nitrogen and oxygen atoms in total. The second kappa shape index (κ2) is 6.39. The number of nitriles is 1. The molecule has 0 unspecified atom stereocenters. The SMILES string of the molecule is C#CCOC(=O)N1C[C@@H]2C[C@H]1c1c(O)n(-c3cnc(C#N)c4ccccc34)c(=O)n12. The van der Waals surface area contributed by atoms with E-state index in [1.807, 2.05) is 6.07 Å². The molecule has 9 heteroatoms. The molecule has 2 aromatic heterocycles. The van der Waals surface area contributed by atoms with Crippen LogP contribution in [0.4, 0.5) is 4.79 Å². The van der Waals surface area contributed by atoms with Gasteiger partial charge in [-0.25, -0.2) is 19.1 Å². The van der Waals surface area contributed by atoms with Crippen molar-refractivity contribution >= 4 is 16.9 Å². The number of benzene rings is 1. The number of likely N-dealkylation sites (tertiary alicyclic amines) is 1. The molecule has 2 aliphatic heterocycles. The van der Waals surface area contributed by atoms with Crippen LogP contribution in [0.25, 0.3) is 16.5 Å². The molecule has 2 atom stereocenters. The van der Waals surface area contributed by atoms with Crippen molar-refractivity contribution in [2.24, 2.45) is 0 Å². The molecule has 0 saturated carbocycles. The van der Waals surface area contributed by atoms with Gasteiger partial charge >= 0.3 is 11.8 Å². The van der Waals surface area contributed by atoms with Crippen LogP contribution in [0, 0.1) is 23.7 Å². The summed E-state index contributed by atoms with van der Waals surface area (Å²) in [5.41, 5.74) is 0.552. The molecule has 0 spiro atoms. The molecular formula is C21H15N5O4. The van der Waals surface area contributed by atoms with Gasteiger partial charge in [-0.05, 0) is 6.42 Å². The molecule has 1 amide bonds. The third-order valence-corrected chi connectivity index (χ3v) is 5.69. The number of nitrogens with zero attached hydrogens (tertiary/aromatic N) is 5. The van der Waals surface area contributed by atoms with Crippen LogP contribution in [0.15, 0.2) is 35.3 Å². The Kier molecular flexibility index (Phi) is 3.80. The van der Waals surface area contributed by atoms with E-state index in [4.69, 9.17) is 11.2 Å². The van der Waals surface area contributed by atoms with Crippen LogP contribution >= 0.6 is 0 Å². The maximum absolute atomic E-state index is 13.2. The van der Waals surface area contributed by atoms with Crippen LogP contribution in [0.3, 0.4) is 0 Å². The van der Waals surface area contributed by atoms with Gasteiger partial charge in [-0.15, -0.1) is 6.42 Å². The molecule has 1 N–H and O–H groups in total. The first-order chi connectivity index (χ1) is 14.6. The number of imidazole rings is 1. The molecule has 4 heterocycles. The fourth-order valence-electron chi connectivity index (χ4n) is 4.50. The largest absolute Gasteiger partial charge is 0.493 e. The van der Waals surface area contributed by atoms with E-state index in [1.54, 1.807) is 24.3 Å². The minimum atomic E-state index is -0.572. The maximum atomic E-state index is 13.2. The summed E-state index contributed by atoms with van der Waals surface area (Å²) in [4.78, 5) is 31.2. The molecule has 1 fully saturated rings. The van der Waals surface area contributed by atoms with Gasteiger partial charge in [0.2, 0.25) is 5.88 Å². The van der Waals surface area contributed by atoms with Gasteiger partial charge in [0.05, 0.1) is 24.0 Å². The van der Waals surface area contributed by atoms with Gasteiger partial charge < -0.3 is 9.84 Å². The van der Waals surface area contributed by atoms with E-state index >= 15 is 0 Å². The maximum Gasteiger partial charge on any atom is 0.411 e. The molecule has 30 heavy (non-hydrogen) atoms. The number of fused-ring (bicyclic) bond motifs is 6. The lowest BCUT2D eigenvalue weighted by molar-refractivity contribution is 0.103. The number of carbonyl (C=O) groups excluding carboxylic acids is 1. The fraction of sp³-hybridized carbons (Fsp3) is 0.238. The van der Waals surface area contributed by atoms with Crippen molar-refractivity contribution in [1.82, 2.24) is 19.0 Å². The highest BCUT2D eigenvalue weighted by atomic mass is 16.6. The van der Waals surface area contributed by atoms with Crippen molar-refractivity contribution in [2.45, 2.75) is 18.5 Å². The van der Waals surface area contributed by atoms with Gasteiger partial charge in [-0.1, -0.05) is 30.2 Å². The first-order valence-corrected chi connectivity index (χ1v) is 9.28. The van der Waals surface area contributed by atoms with Gasteiger partial charge in [0, 0.05) is 17.3 Å². The van der Waals surface area contributed by atoms with Crippen LogP contribution in [0.2, 0.25) is 0 Å². The quantitative estimate of drug-likeness (QED) is 0.656. The lowest BCUT2D eigenvalue weighted by Crippen LogP contribution is -2.38. The molecule has 2 aliphatic rings. The number of ether oxygens (including phenoxy) is 1. The van der Waals surface area contributed by atoms with Gasteiger partial charge in [-0.2, -0.15) is 5.26 Å². The van der Waals surface area contributed by atoms with Crippen LogP contribution in [0.5, 0.6) is 5.88 Å². The van der Waals surface area contributed by atoms with Gasteiger partial charge in [0.15, 0.2) is 6.61 Å². The standard InChI is InChI=1S/C21H15N5O4/c1-2-7-30-21(29)24-11-12-8-16(24)18-19(27)26(20(28)25(12)18)17-10-23-15(9-22)13-5-3-4-6-14(13)17/h1,3-6,10,12,16,27H,7-8,11H2/t12-,16-/m0/s1.